The van der Waals surface area contributed by atoms with E-state index in [1.54, 1.807) is 0 Å². The van der Waals surface area contributed by atoms with Gasteiger partial charge in [-0.15, -0.1) is 0 Å². The maximum absolute atomic E-state index is 12.5. The van der Waals surface area contributed by atoms with Crippen LogP contribution in [0.2, 0.25) is 0 Å². The largest absolute Gasteiger partial charge is 0.207 e. The van der Waals surface area contributed by atoms with Crippen LogP contribution in [0.25, 0.3) is 0 Å². The van der Waals surface area contributed by atoms with Gasteiger partial charge in [-0.2, -0.15) is 0 Å². The van der Waals surface area contributed by atoms with Crippen LogP contribution in [0.15, 0.2) is 48.5 Å². The third-order valence-corrected chi connectivity index (χ3v) is 3.57. The molecule has 0 fully saturated rings. The minimum atomic E-state index is -0.160. The third kappa shape index (κ3) is 9.44. The lowest BCUT2D eigenvalue weighted by Gasteiger charge is -2.17. The van der Waals surface area contributed by atoms with Gasteiger partial charge >= 0.3 is 0 Å². The van der Waals surface area contributed by atoms with Crippen molar-refractivity contribution >= 4 is 0 Å². The summed E-state index contributed by atoms with van der Waals surface area (Å²) >= 11 is 0. The molecule has 0 nitrogen and oxygen atoms in total. The number of hydrogen-bond donors (Lipinski definition) is 0. The van der Waals surface area contributed by atoms with Gasteiger partial charge in [0.15, 0.2) is 0 Å². The van der Waals surface area contributed by atoms with Crippen molar-refractivity contribution in [2.24, 2.45) is 11.3 Å². The van der Waals surface area contributed by atoms with Gasteiger partial charge in [-0.25, -0.2) is 8.78 Å². The first kappa shape index (κ1) is 20.3. The van der Waals surface area contributed by atoms with E-state index in [0.29, 0.717) is 0 Å². The van der Waals surface area contributed by atoms with Gasteiger partial charge in [-0.3, -0.25) is 0 Å². The van der Waals surface area contributed by atoms with Crippen molar-refractivity contribution in [3.63, 3.8) is 0 Å². The lowest BCUT2D eigenvalue weighted by Crippen LogP contribution is -2.08. The first-order chi connectivity index (χ1) is 11.2. The van der Waals surface area contributed by atoms with Crippen LogP contribution in [0.4, 0.5) is 8.78 Å². The summed E-state index contributed by atoms with van der Waals surface area (Å²) in [6, 6.07) is 13.5. The Kier molecular flexibility index (Phi) is 8.10. The fourth-order valence-corrected chi connectivity index (χ4v) is 2.32. The molecule has 0 saturated carbocycles. The van der Waals surface area contributed by atoms with Crippen LogP contribution >= 0.6 is 0 Å². The molecule has 2 aromatic rings. The van der Waals surface area contributed by atoms with Crippen LogP contribution in [-0.4, -0.2) is 0 Å². The van der Waals surface area contributed by atoms with Gasteiger partial charge in [0.05, 0.1) is 0 Å². The molecule has 0 radical (unpaired) electrons. The Morgan fingerprint density at radius 1 is 0.750 bits per heavy atom. The molecule has 0 saturated heterocycles. The van der Waals surface area contributed by atoms with Gasteiger partial charge in [0.1, 0.15) is 11.6 Å². The van der Waals surface area contributed by atoms with Crippen molar-refractivity contribution < 1.29 is 8.78 Å². The first-order valence-corrected chi connectivity index (χ1v) is 8.64. The quantitative estimate of drug-likeness (QED) is 0.575. The molecular weight excluding hydrogens is 302 g/mol. The van der Waals surface area contributed by atoms with Gasteiger partial charge < -0.3 is 0 Å². The smallest absolute Gasteiger partial charge is 0.123 e. The molecule has 2 rings (SSSR count). The molecule has 0 N–H and O–H groups in total. The summed E-state index contributed by atoms with van der Waals surface area (Å²) in [6.45, 7) is 10.9. The van der Waals surface area contributed by atoms with Gasteiger partial charge in [0.2, 0.25) is 0 Å². The molecule has 0 aliphatic rings. The van der Waals surface area contributed by atoms with E-state index < -0.39 is 0 Å². The molecule has 0 amide bonds. The highest BCUT2D eigenvalue weighted by Gasteiger charge is 2.10. The summed E-state index contributed by atoms with van der Waals surface area (Å²) in [5.41, 5.74) is 2.70. The van der Waals surface area contributed by atoms with Crippen LogP contribution < -0.4 is 0 Å². The van der Waals surface area contributed by atoms with Crippen LogP contribution in [0, 0.1) is 23.0 Å². The number of rotatable bonds is 4. The molecular formula is C22H30F2. The SMILES string of the molecule is CC(C)(C)Cc1ccc(F)cc1.CC(C)CCc1ccc(F)cc1. The van der Waals surface area contributed by atoms with Crippen molar-refractivity contribution in [1.29, 1.82) is 0 Å². The summed E-state index contributed by atoms with van der Waals surface area (Å²) in [7, 11) is 0. The van der Waals surface area contributed by atoms with Gasteiger partial charge in [0.25, 0.3) is 0 Å². The molecule has 24 heavy (non-hydrogen) atoms. The number of halogens is 2. The fourth-order valence-electron chi connectivity index (χ4n) is 2.32. The predicted octanol–water partition coefficient (Wildman–Crippen LogP) is 6.83. The molecule has 0 spiro atoms. The summed E-state index contributed by atoms with van der Waals surface area (Å²) in [4.78, 5) is 0. The maximum Gasteiger partial charge on any atom is 0.123 e. The molecule has 0 aliphatic heterocycles. The highest BCUT2D eigenvalue weighted by atomic mass is 19.1. The monoisotopic (exact) mass is 332 g/mol. The van der Waals surface area contributed by atoms with E-state index in [1.807, 2.05) is 24.3 Å². The zero-order valence-electron chi connectivity index (χ0n) is 15.6. The Balaban J connectivity index is 0.000000240. The Hall–Kier alpha value is -1.70. The molecule has 0 unspecified atom stereocenters. The number of aryl methyl sites for hydroxylation is 1. The van der Waals surface area contributed by atoms with Crippen molar-refractivity contribution in [3.8, 4) is 0 Å². The van der Waals surface area contributed by atoms with Gasteiger partial charge in [-0.05, 0) is 66.0 Å². The minimum absolute atomic E-state index is 0.150. The van der Waals surface area contributed by atoms with E-state index in [2.05, 4.69) is 34.6 Å². The lowest BCUT2D eigenvalue weighted by atomic mass is 9.88. The van der Waals surface area contributed by atoms with Crippen LogP contribution in [-0.2, 0) is 12.8 Å². The van der Waals surface area contributed by atoms with Crippen molar-refractivity contribution in [2.75, 3.05) is 0 Å². The second-order valence-electron chi connectivity index (χ2n) is 7.92. The Morgan fingerprint density at radius 2 is 1.17 bits per heavy atom. The molecule has 2 heteroatoms. The molecule has 0 aliphatic carbocycles. The summed E-state index contributed by atoms with van der Waals surface area (Å²) < 4.78 is 25.0. The minimum Gasteiger partial charge on any atom is -0.207 e. The Bertz CT molecular complexity index is 575. The van der Waals surface area contributed by atoms with Gasteiger partial charge in [-0.1, -0.05) is 58.9 Å². The van der Waals surface area contributed by atoms with Crippen LogP contribution in [0.5, 0.6) is 0 Å². The van der Waals surface area contributed by atoms with Crippen molar-refractivity contribution in [1.82, 2.24) is 0 Å². The zero-order chi connectivity index (χ0) is 18.2. The first-order valence-electron chi connectivity index (χ1n) is 8.64. The van der Waals surface area contributed by atoms with Gasteiger partial charge in [0, 0.05) is 0 Å². The molecule has 0 atom stereocenters. The summed E-state index contributed by atoms with van der Waals surface area (Å²) in [5.74, 6) is 0.408. The zero-order valence-corrected chi connectivity index (χ0v) is 15.6. The highest BCUT2D eigenvalue weighted by molar-refractivity contribution is 5.17. The van der Waals surface area contributed by atoms with E-state index >= 15 is 0 Å². The van der Waals surface area contributed by atoms with E-state index in [4.69, 9.17) is 0 Å². The number of benzene rings is 2. The van der Waals surface area contributed by atoms with Crippen molar-refractivity contribution in [3.05, 3.63) is 71.3 Å². The molecule has 132 valence electrons. The van der Waals surface area contributed by atoms with E-state index in [1.165, 1.54) is 41.8 Å². The van der Waals surface area contributed by atoms with E-state index in [0.717, 1.165) is 18.8 Å². The Morgan fingerprint density at radius 3 is 1.54 bits per heavy atom. The molecule has 0 heterocycles. The number of hydrogen-bond acceptors (Lipinski definition) is 0. The lowest BCUT2D eigenvalue weighted by molar-refractivity contribution is 0.411. The average Bonchev–Trinajstić information content (AvgIpc) is 2.48. The van der Waals surface area contributed by atoms with Crippen LogP contribution in [0.3, 0.4) is 0 Å². The maximum atomic E-state index is 12.5. The van der Waals surface area contributed by atoms with E-state index in [9.17, 15) is 8.78 Å². The Labute approximate surface area is 145 Å². The second kappa shape index (κ2) is 9.56. The average molecular weight is 332 g/mol. The predicted molar refractivity (Wildman–Crippen MR) is 99.1 cm³/mol. The molecule has 0 aromatic heterocycles. The standard InChI is InChI=1S/2C11H15F/c1-11(2,3)8-9-4-6-10(12)7-5-9;1-9(2)3-4-10-5-7-11(12)8-6-10/h4-7H,8H2,1-3H3;5-9H,3-4H2,1-2H3. The molecule has 2 aromatic carbocycles. The van der Waals surface area contributed by atoms with Crippen molar-refractivity contribution in [2.45, 2.75) is 53.9 Å². The normalized spacial score (nSPS) is 11.2. The third-order valence-electron chi connectivity index (χ3n) is 3.57. The second-order valence-corrected chi connectivity index (χ2v) is 7.92. The summed E-state index contributed by atoms with van der Waals surface area (Å²) in [5, 5.41) is 0. The topological polar surface area (TPSA) is 0 Å². The highest BCUT2D eigenvalue weighted by Crippen LogP contribution is 2.20. The summed E-state index contributed by atoms with van der Waals surface area (Å²) in [6.07, 6.45) is 3.22. The fraction of sp³-hybridized carbons (Fsp3) is 0.455. The van der Waals surface area contributed by atoms with E-state index in [-0.39, 0.29) is 17.0 Å². The molecule has 0 bridgehead atoms. The van der Waals surface area contributed by atoms with Crippen LogP contribution in [0.1, 0.15) is 52.2 Å².